The van der Waals surface area contributed by atoms with Crippen molar-refractivity contribution in [3.63, 3.8) is 0 Å². The molecule has 2 heterocycles. The fourth-order valence-electron chi connectivity index (χ4n) is 2.58. The Hall–Kier alpha value is 0.580. The number of rotatable bonds is 5. The maximum absolute atomic E-state index is 9.61. The molecule has 0 aromatic rings. The highest BCUT2D eigenvalue weighted by atomic mass is 32.2. The normalized spacial score (nSPS) is 28.2. The predicted octanol–water partition coefficient (Wildman–Crippen LogP) is 1.27. The summed E-state index contributed by atoms with van der Waals surface area (Å²) >= 11 is 4.17. The van der Waals surface area contributed by atoms with Crippen molar-refractivity contribution in [2.24, 2.45) is 0 Å². The molecular formula is C13H26N2OS2. The smallest absolute Gasteiger partial charge is 0.0667 e. The summed E-state index contributed by atoms with van der Waals surface area (Å²) in [6.45, 7) is 4.32. The Bertz CT molecular complexity index is 219. The summed E-state index contributed by atoms with van der Waals surface area (Å²) in [7, 11) is 0. The summed E-state index contributed by atoms with van der Waals surface area (Å²) < 4.78 is 0. The van der Waals surface area contributed by atoms with E-state index >= 15 is 0 Å². The van der Waals surface area contributed by atoms with Crippen molar-refractivity contribution in [3.05, 3.63) is 0 Å². The number of thioether (sulfide) groups is 2. The fourth-order valence-corrected chi connectivity index (χ4v) is 5.04. The molecule has 2 fully saturated rings. The van der Waals surface area contributed by atoms with E-state index in [2.05, 4.69) is 33.7 Å². The standard InChI is InChI=1S/C13H26N2OS2/c16-13-3-1-5-15(9-13)6-2-4-14-12-10-17-7-8-18-11-12/h12-14,16H,1-11H2/t13-/m0/s1. The van der Waals surface area contributed by atoms with Crippen LogP contribution in [0.3, 0.4) is 0 Å². The van der Waals surface area contributed by atoms with E-state index in [1.807, 2.05) is 0 Å². The maximum atomic E-state index is 9.61. The van der Waals surface area contributed by atoms with E-state index in [0.29, 0.717) is 6.04 Å². The molecule has 0 aromatic carbocycles. The van der Waals surface area contributed by atoms with Crippen LogP contribution >= 0.6 is 23.5 Å². The van der Waals surface area contributed by atoms with E-state index in [9.17, 15) is 5.11 Å². The molecule has 0 unspecified atom stereocenters. The summed E-state index contributed by atoms with van der Waals surface area (Å²) in [5.41, 5.74) is 0. The van der Waals surface area contributed by atoms with E-state index in [4.69, 9.17) is 0 Å². The maximum Gasteiger partial charge on any atom is 0.0667 e. The van der Waals surface area contributed by atoms with Gasteiger partial charge in [0.2, 0.25) is 0 Å². The van der Waals surface area contributed by atoms with Crippen molar-refractivity contribution >= 4 is 23.5 Å². The topological polar surface area (TPSA) is 35.5 Å². The summed E-state index contributed by atoms with van der Waals surface area (Å²) in [6.07, 6.45) is 3.27. The van der Waals surface area contributed by atoms with Gasteiger partial charge in [-0.25, -0.2) is 0 Å². The van der Waals surface area contributed by atoms with Gasteiger partial charge in [-0.15, -0.1) is 0 Å². The van der Waals surface area contributed by atoms with Gasteiger partial charge in [-0.05, 0) is 38.9 Å². The number of hydrogen-bond donors (Lipinski definition) is 2. The van der Waals surface area contributed by atoms with Crippen LogP contribution in [0.5, 0.6) is 0 Å². The average molecular weight is 290 g/mol. The van der Waals surface area contributed by atoms with Crippen LogP contribution in [0.4, 0.5) is 0 Å². The fraction of sp³-hybridized carbons (Fsp3) is 1.00. The second kappa shape index (κ2) is 8.69. The third-order valence-corrected chi connectivity index (χ3v) is 6.10. The van der Waals surface area contributed by atoms with Gasteiger partial charge < -0.3 is 15.3 Å². The summed E-state index contributed by atoms with van der Waals surface area (Å²) in [4.78, 5) is 2.41. The van der Waals surface area contributed by atoms with E-state index in [1.54, 1.807) is 0 Å². The number of nitrogens with zero attached hydrogens (tertiary/aromatic N) is 1. The van der Waals surface area contributed by atoms with Gasteiger partial charge in [0.05, 0.1) is 6.10 Å². The Kier molecular flexibility index (Phi) is 7.23. The molecule has 5 heteroatoms. The van der Waals surface area contributed by atoms with Crippen LogP contribution in [0.1, 0.15) is 19.3 Å². The van der Waals surface area contributed by atoms with Crippen molar-refractivity contribution in [2.75, 3.05) is 49.2 Å². The van der Waals surface area contributed by atoms with Crippen LogP contribution in [-0.4, -0.2) is 71.3 Å². The molecule has 1 atom stereocenters. The molecule has 18 heavy (non-hydrogen) atoms. The molecule has 0 bridgehead atoms. The first-order chi connectivity index (χ1) is 8.84. The van der Waals surface area contributed by atoms with Crippen molar-refractivity contribution in [2.45, 2.75) is 31.4 Å². The minimum Gasteiger partial charge on any atom is -0.392 e. The van der Waals surface area contributed by atoms with E-state index < -0.39 is 0 Å². The highest BCUT2D eigenvalue weighted by Crippen LogP contribution is 2.16. The zero-order valence-electron chi connectivity index (χ0n) is 11.1. The quantitative estimate of drug-likeness (QED) is 0.746. The van der Waals surface area contributed by atoms with Crippen molar-refractivity contribution in [1.82, 2.24) is 10.2 Å². The molecule has 2 saturated heterocycles. The molecule has 2 N–H and O–H groups in total. The van der Waals surface area contributed by atoms with Gasteiger partial charge >= 0.3 is 0 Å². The van der Waals surface area contributed by atoms with Crippen molar-refractivity contribution in [3.8, 4) is 0 Å². The minimum atomic E-state index is -0.0821. The van der Waals surface area contributed by atoms with Gasteiger partial charge in [0, 0.05) is 35.6 Å². The van der Waals surface area contributed by atoms with Crippen LogP contribution in [0.15, 0.2) is 0 Å². The second-order valence-electron chi connectivity index (χ2n) is 5.25. The van der Waals surface area contributed by atoms with Crippen molar-refractivity contribution < 1.29 is 5.11 Å². The highest BCUT2D eigenvalue weighted by Gasteiger charge is 2.17. The van der Waals surface area contributed by atoms with Gasteiger partial charge in [0.15, 0.2) is 0 Å². The van der Waals surface area contributed by atoms with Crippen molar-refractivity contribution in [1.29, 1.82) is 0 Å². The van der Waals surface area contributed by atoms with E-state index in [-0.39, 0.29) is 6.10 Å². The molecule has 2 aliphatic heterocycles. The first-order valence-corrected chi connectivity index (χ1v) is 9.45. The Morgan fingerprint density at radius 1 is 1.22 bits per heavy atom. The van der Waals surface area contributed by atoms with E-state index in [0.717, 1.165) is 32.5 Å². The lowest BCUT2D eigenvalue weighted by molar-refractivity contribution is 0.0701. The Balaban J connectivity index is 1.52. The SMILES string of the molecule is O[C@H]1CCCN(CCCNC2CSCCSC2)C1. The molecule has 0 spiro atoms. The van der Waals surface area contributed by atoms with Crippen LogP contribution in [-0.2, 0) is 0 Å². The molecular weight excluding hydrogens is 264 g/mol. The summed E-state index contributed by atoms with van der Waals surface area (Å²) in [5, 5.41) is 13.3. The highest BCUT2D eigenvalue weighted by molar-refractivity contribution is 8.03. The lowest BCUT2D eigenvalue weighted by atomic mass is 10.1. The predicted molar refractivity (Wildman–Crippen MR) is 82.7 cm³/mol. The third-order valence-electron chi connectivity index (χ3n) is 3.57. The first kappa shape index (κ1) is 15.0. The van der Waals surface area contributed by atoms with Gasteiger partial charge in [0.25, 0.3) is 0 Å². The number of β-amino-alcohol motifs (C(OH)–C–C–N with tert-alkyl or cyclic N) is 1. The number of aliphatic hydroxyl groups is 1. The Morgan fingerprint density at radius 2 is 2.00 bits per heavy atom. The lowest BCUT2D eigenvalue weighted by Crippen LogP contribution is -2.40. The molecule has 0 aliphatic carbocycles. The molecule has 106 valence electrons. The lowest BCUT2D eigenvalue weighted by Gasteiger charge is -2.30. The Labute approximate surface area is 119 Å². The molecule has 3 nitrogen and oxygen atoms in total. The molecule has 2 rings (SSSR count). The number of hydrogen-bond acceptors (Lipinski definition) is 5. The second-order valence-corrected chi connectivity index (χ2v) is 7.55. The number of piperidine rings is 1. The van der Waals surface area contributed by atoms with Crippen LogP contribution in [0.2, 0.25) is 0 Å². The summed E-state index contributed by atoms with van der Waals surface area (Å²) in [6, 6.07) is 0.703. The van der Waals surface area contributed by atoms with Crippen LogP contribution in [0.25, 0.3) is 0 Å². The molecule has 2 aliphatic rings. The van der Waals surface area contributed by atoms with E-state index in [1.165, 1.54) is 36.0 Å². The van der Waals surface area contributed by atoms with Gasteiger partial charge in [-0.3, -0.25) is 0 Å². The largest absolute Gasteiger partial charge is 0.392 e. The number of likely N-dealkylation sites (tertiary alicyclic amines) is 1. The summed E-state index contributed by atoms with van der Waals surface area (Å²) in [5.74, 6) is 5.17. The molecule has 0 saturated carbocycles. The van der Waals surface area contributed by atoms with Gasteiger partial charge in [-0.1, -0.05) is 0 Å². The molecule has 0 radical (unpaired) electrons. The van der Waals surface area contributed by atoms with Crippen LogP contribution in [0, 0.1) is 0 Å². The van der Waals surface area contributed by atoms with Crippen LogP contribution < -0.4 is 5.32 Å². The third kappa shape index (κ3) is 5.70. The average Bonchev–Trinajstić information content (AvgIpc) is 2.63. The zero-order chi connectivity index (χ0) is 12.6. The minimum absolute atomic E-state index is 0.0821. The first-order valence-electron chi connectivity index (χ1n) is 7.14. The monoisotopic (exact) mass is 290 g/mol. The molecule has 0 amide bonds. The molecule has 0 aromatic heterocycles. The number of aliphatic hydroxyl groups excluding tert-OH is 1. The number of nitrogens with one attached hydrogen (secondary N) is 1. The Morgan fingerprint density at radius 3 is 2.72 bits per heavy atom. The van der Waals surface area contributed by atoms with Gasteiger partial charge in [0.1, 0.15) is 0 Å². The van der Waals surface area contributed by atoms with Gasteiger partial charge in [-0.2, -0.15) is 23.5 Å². The zero-order valence-corrected chi connectivity index (χ0v) is 12.8.